The molecular weight excluding hydrogens is 631 g/mol. The standard InChI is InChI=1S/C43H47N7O/c1-48-23-4-7-38(48)22-24-50-40-20-19-37(26-39(40)47-41(50)21-15-30-12-17-35(18-13-30)42(45)46)43(51)49(28-32-10-8-31(27-44)9-11-32)29-33-14-16-34-5-2-3-6-36(34)25-33/h2-3,5-6,8-14,16-20,25-26,38H,4,7,15,21-24,27-29,44H2,1H3,(H3,45,46). The summed E-state index contributed by atoms with van der Waals surface area (Å²) in [4.78, 5) is 24.0. The van der Waals surface area contributed by atoms with Crippen molar-refractivity contribution < 1.29 is 4.79 Å². The Labute approximate surface area is 300 Å². The van der Waals surface area contributed by atoms with Gasteiger partial charge in [0.1, 0.15) is 11.7 Å². The number of aryl methyl sites for hydroxylation is 3. The van der Waals surface area contributed by atoms with Crippen LogP contribution in [0.25, 0.3) is 21.8 Å². The van der Waals surface area contributed by atoms with E-state index in [0.717, 1.165) is 76.8 Å². The van der Waals surface area contributed by atoms with Gasteiger partial charge < -0.3 is 25.8 Å². The lowest BCUT2D eigenvalue weighted by atomic mass is 10.1. The van der Waals surface area contributed by atoms with Gasteiger partial charge in [-0.3, -0.25) is 10.2 Å². The van der Waals surface area contributed by atoms with Crippen LogP contribution in [0.4, 0.5) is 0 Å². The van der Waals surface area contributed by atoms with Gasteiger partial charge in [-0.05, 0) is 96.6 Å². The zero-order valence-corrected chi connectivity index (χ0v) is 29.4. The molecule has 1 fully saturated rings. The summed E-state index contributed by atoms with van der Waals surface area (Å²) in [7, 11) is 2.23. The van der Waals surface area contributed by atoms with Crippen LogP contribution in [0.3, 0.4) is 0 Å². The quantitative estimate of drug-likeness (QED) is 0.0896. The van der Waals surface area contributed by atoms with Gasteiger partial charge in [0.25, 0.3) is 5.91 Å². The Morgan fingerprint density at radius 1 is 0.824 bits per heavy atom. The highest BCUT2D eigenvalue weighted by molar-refractivity contribution is 5.97. The molecule has 7 rings (SSSR count). The fourth-order valence-corrected chi connectivity index (χ4v) is 7.42. The second-order valence-corrected chi connectivity index (χ2v) is 13.9. The van der Waals surface area contributed by atoms with Crippen LogP contribution in [-0.4, -0.2) is 50.7 Å². The van der Waals surface area contributed by atoms with Crippen LogP contribution in [0.15, 0.2) is 109 Å². The molecule has 5 N–H and O–H groups in total. The predicted octanol–water partition coefficient (Wildman–Crippen LogP) is 7.04. The highest BCUT2D eigenvalue weighted by Gasteiger charge is 2.23. The number of nitrogens with one attached hydrogen (secondary N) is 1. The molecule has 0 bridgehead atoms. The first kappa shape index (κ1) is 34.2. The number of hydrogen-bond acceptors (Lipinski definition) is 5. The number of imidazole rings is 1. The largest absolute Gasteiger partial charge is 0.384 e. The number of amidine groups is 1. The van der Waals surface area contributed by atoms with E-state index in [9.17, 15) is 4.79 Å². The van der Waals surface area contributed by atoms with Crippen LogP contribution >= 0.6 is 0 Å². The number of nitrogens with zero attached hydrogens (tertiary/aromatic N) is 4. The molecule has 1 aromatic heterocycles. The molecule has 1 aliphatic heterocycles. The summed E-state index contributed by atoms with van der Waals surface area (Å²) in [5, 5.41) is 10.1. The summed E-state index contributed by atoms with van der Waals surface area (Å²) in [6.07, 6.45) is 5.12. The average Bonchev–Trinajstić information content (AvgIpc) is 3.74. The number of aromatic nitrogens is 2. The van der Waals surface area contributed by atoms with E-state index in [2.05, 4.69) is 65.0 Å². The smallest absolute Gasteiger partial charge is 0.254 e. The van der Waals surface area contributed by atoms with Crippen molar-refractivity contribution in [2.45, 2.75) is 64.3 Å². The van der Waals surface area contributed by atoms with E-state index >= 15 is 0 Å². The molecule has 5 aromatic carbocycles. The van der Waals surface area contributed by atoms with E-state index in [1.165, 1.54) is 23.8 Å². The number of rotatable bonds is 13. The highest BCUT2D eigenvalue weighted by atomic mass is 16.2. The zero-order chi connectivity index (χ0) is 35.3. The predicted molar refractivity (Wildman–Crippen MR) is 207 cm³/mol. The lowest BCUT2D eigenvalue weighted by Crippen LogP contribution is -2.30. The zero-order valence-electron chi connectivity index (χ0n) is 29.4. The number of carbonyl (C=O) groups excluding carboxylic acids is 1. The lowest BCUT2D eigenvalue weighted by molar-refractivity contribution is 0.0730. The second kappa shape index (κ2) is 15.3. The minimum Gasteiger partial charge on any atom is -0.384 e. The maximum Gasteiger partial charge on any atom is 0.254 e. The molecule has 1 unspecified atom stereocenters. The van der Waals surface area contributed by atoms with E-state index in [1.807, 2.05) is 65.6 Å². The molecule has 1 saturated heterocycles. The summed E-state index contributed by atoms with van der Waals surface area (Å²) >= 11 is 0. The summed E-state index contributed by atoms with van der Waals surface area (Å²) in [5.41, 5.74) is 19.2. The molecule has 51 heavy (non-hydrogen) atoms. The topological polar surface area (TPSA) is 117 Å². The van der Waals surface area contributed by atoms with Crippen molar-refractivity contribution in [3.05, 3.63) is 148 Å². The Kier molecular flexibility index (Phi) is 10.2. The fourth-order valence-electron chi connectivity index (χ4n) is 7.42. The maximum absolute atomic E-state index is 14.4. The number of hydrogen-bond donors (Lipinski definition) is 3. The number of carbonyl (C=O) groups is 1. The maximum atomic E-state index is 14.4. The molecule has 0 spiro atoms. The number of fused-ring (bicyclic) bond motifs is 2. The van der Waals surface area contributed by atoms with Crippen molar-refractivity contribution in [1.29, 1.82) is 5.41 Å². The number of nitrogens with two attached hydrogens (primary N) is 2. The monoisotopic (exact) mass is 677 g/mol. The molecule has 8 nitrogen and oxygen atoms in total. The third kappa shape index (κ3) is 7.88. The summed E-state index contributed by atoms with van der Waals surface area (Å²) < 4.78 is 2.37. The molecule has 0 radical (unpaired) electrons. The number of nitrogen functional groups attached to an aromatic ring is 1. The number of likely N-dealkylation sites (tertiary alicyclic amines) is 1. The minimum absolute atomic E-state index is 0.0257. The van der Waals surface area contributed by atoms with Crippen LogP contribution in [0.5, 0.6) is 0 Å². The molecular formula is C43H47N7O. The van der Waals surface area contributed by atoms with E-state index < -0.39 is 0 Å². The summed E-state index contributed by atoms with van der Waals surface area (Å²) in [6, 6.07) is 37.5. The van der Waals surface area contributed by atoms with Crippen LogP contribution in [0.2, 0.25) is 0 Å². The third-order valence-electron chi connectivity index (χ3n) is 10.4. The molecule has 1 atom stereocenters. The van der Waals surface area contributed by atoms with Crippen molar-refractivity contribution in [3.8, 4) is 0 Å². The Hall–Kier alpha value is -5.31. The van der Waals surface area contributed by atoms with Crippen LogP contribution < -0.4 is 11.5 Å². The van der Waals surface area contributed by atoms with E-state index in [0.29, 0.717) is 31.2 Å². The molecule has 6 aromatic rings. The molecule has 2 heterocycles. The minimum atomic E-state index is -0.0257. The Morgan fingerprint density at radius 3 is 2.24 bits per heavy atom. The van der Waals surface area contributed by atoms with Crippen LogP contribution in [0.1, 0.15) is 63.3 Å². The number of amides is 1. The summed E-state index contributed by atoms with van der Waals surface area (Å²) in [6.45, 7) is 3.47. The SMILES string of the molecule is CN1CCCC1CCn1c(CCc2ccc(C(=N)N)cc2)nc2cc(C(=O)N(Cc3ccc(CN)cc3)Cc3ccc4ccccc4c3)ccc21. The first-order chi connectivity index (χ1) is 24.8. The van der Waals surface area contributed by atoms with Crippen molar-refractivity contribution in [1.82, 2.24) is 19.4 Å². The average molecular weight is 678 g/mol. The van der Waals surface area contributed by atoms with Gasteiger partial charge in [0.05, 0.1) is 11.0 Å². The van der Waals surface area contributed by atoms with E-state index in [-0.39, 0.29) is 11.7 Å². The molecule has 1 amide bonds. The van der Waals surface area contributed by atoms with Crippen LogP contribution in [0, 0.1) is 5.41 Å². The van der Waals surface area contributed by atoms with Gasteiger partial charge in [0, 0.05) is 49.8 Å². The Balaban J connectivity index is 1.19. The Bertz CT molecular complexity index is 2150. The van der Waals surface area contributed by atoms with Crippen LogP contribution in [-0.2, 0) is 39.0 Å². The van der Waals surface area contributed by atoms with Crippen molar-refractivity contribution in [2.75, 3.05) is 13.6 Å². The molecule has 8 heteroatoms. The molecule has 0 saturated carbocycles. The van der Waals surface area contributed by atoms with E-state index in [4.69, 9.17) is 21.9 Å². The second-order valence-electron chi connectivity index (χ2n) is 13.9. The molecule has 260 valence electrons. The van der Waals surface area contributed by atoms with Gasteiger partial charge in [-0.1, -0.05) is 84.9 Å². The van der Waals surface area contributed by atoms with Gasteiger partial charge in [-0.15, -0.1) is 0 Å². The fraction of sp³-hybridized carbons (Fsp3) is 0.279. The van der Waals surface area contributed by atoms with Gasteiger partial charge in [-0.2, -0.15) is 0 Å². The van der Waals surface area contributed by atoms with Crippen molar-refractivity contribution in [3.63, 3.8) is 0 Å². The highest BCUT2D eigenvalue weighted by Crippen LogP contribution is 2.26. The van der Waals surface area contributed by atoms with Gasteiger partial charge in [0.2, 0.25) is 0 Å². The van der Waals surface area contributed by atoms with Gasteiger partial charge in [-0.25, -0.2) is 4.98 Å². The lowest BCUT2D eigenvalue weighted by Gasteiger charge is -2.24. The van der Waals surface area contributed by atoms with Gasteiger partial charge in [0.15, 0.2) is 0 Å². The summed E-state index contributed by atoms with van der Waals surface area (Å²) in [5.74, 6) is 1.08. The van der Waals surface area contributed by atoms with Gasteiger partial charge >= 0.3 is 0 Å². The normalized spacial score (nSPS) is 14.7. The third-order valence-corrected chi connectivity index (χ3v) is 10.4. The Morgan fingerprint density at radius 2 is 1.51 bits per heavy atom. The first-order valence-electron chi connectivity index (χ1n) is 18.0. The van der Waals surface area contributed by atoms with Crippen molar-refractivity contribution in [2.24, 2.45) is 11.5 Å². The van der Waals surface area contributed by atoms with E-state index in [1.54, 1.807) is 0 Å². The first-order valence-corrected chi connectivity index (χ1v) is 18.0. The van der Waals surface area contributed by atoms with Crippen molar-refractivity contribution >= 4 is 33.5 Å². The number of benzene rings is 5. The molecule has 1 aliphatic rings. The molecule has 0 aliphatic carbocycles.